The first-order valence-corrected chi connectivity index (χ1v) is 11.3. The van der Waals surface area contributed by atoms with Crippen LogP contribution in [0, 0.1) is 20.8 Å². The topological polar surface area (TPSA) is 95.9 Å². The molecule has 170 valence electrons. The van der Waals surface area contributed by atoms with Crippen LogP contribution in [0.1, 0.15) is 48.6 Å². The third-order valence-electron chi connectivity index (χ3n) is 5.13. The summed E-state index contributed by atoms with van der Waals surface area (Å²) in [5, 5.41) is 0. The minimum Gasteiger partial charge on any atom is -0.470 e. The van der Waals surface area contributed by atoms with Gasteiger partial charge in [0.2, 0.25) is 5.88 Å². The molecule has 4 aromatic rings. The second-order valence-corrected chi connectivity index (χ2v) is 8.81. The molecule has 0 bridgehead atoms. The first-order chi connectivity index (χ1) is 15.7. The Kier molecular flexibility index (Phi) is 6.42. The normalized spacial score (nSPS) is 11.2. The molecule has 0 saturated carbocycles. The number of aromatic nitrogens is 5. The van der Waals surface area contributed by atoms with Crippen molar-refractivity contribution in [1.29, 1.82) is 0 Å². The molecule has 0 unspecified atom stereocenters. The maximum Gasteiger partial charge on any atom is 0.276 e. The van der Waals surface area contributed by atoms with Crippen LogP contribution in [0.2, 0.25) is 0 Å². The third kappa shape index (κ3) is 4.73. The molecule has 0 spiro atoms. The Labute approximate surface area is 199 Å². The SMILES string of the molecule is Cc1nc(COc2nc(C)n(-c3cc(-c4ccnc(C(C)C)n4)ccc3C)c(=O)c2Br)co1. The Balaban J connectivity index is 1.73. The Bertz CT molecular complexity index is 1380. The molecule has 0 saturated heterocycles. The Morgan fingerprint density at radius 3 is 2.61 bits per heavy atom. The maximum absolute atomic E-state index is 13.3. The second kappa shape index (κ2) is 9.27. The lowest BCUT2D eigenvalue weighted by atomic mass is 10.1. The average Bonchev–Trinajstić information content (AvgIpc) is 3.21. The fourth-order valence-electron chi connectivity index (χ4n) is 3.40. The summed E-state index contributed by atoms with van der Waals surface area (Å²) in [6.07, 6.45) is 3.28. The Hall–Kier alpha value is -3.33. The molecule has 0 radical (unpaired) electrons. The molecule has 0 aliphatic rings. The monoisotopic (exact) mass is 509 g/mol. The van der Waals surface area contributed by atoms with Crippen LogP contribution in [0.3, 0.4) is 0 Å². The molecular weight excluding hydrogens is 486 g/mol. The van der Waals surface area contributed by atoms with Gasteiger partial charge in [0.15, 0.2) is 5.89 Å². The molecule has 0 amide bonds. The number of oxazole rings is 1. The van der Waals surface area contributed by atoms with Crippen molar-refractivity contribution >= 4 is 15.9 Å². The van der Waals surface area contributed by atoms with Crippen LogP contribution in [-0.4, -0.2) is 24.5 Å². The van der Waals surface area contributed by atoms with E-state index in [2.05, 4.69) is 49.7 Å². The minimum absolute atomic E-state index is 0.145. The molecule has 0 N–H and O–H groups in total. The second-order valence-electron chi connectivity index (χ2n) is 8.02. The van der Waals surface area contributed by atoms with E-state index < -0.39 is 0 Å². The van der Waals surface area contributed by atoms with E-state index in [1.165, 1.54) is 6.26 Å². The molecule has 8 nitrogen and oxygen atoms in total. The summed E-state index contributed by atoms with van der Waals surface area (Å²) in [7, 11) is 0. The van der Waals surface area contributed by atoms with Crippen LogP contribution >= 0.6 is 15.9 Å². The molecule has 0 aliphatic carbocycles. The van der Waals surface area contributed by atoms with Gasteiger partial charge in [-0.2, -0.15) is 4.98 Å². The lowest BCUT2D eigenvalue weighted by Crippen LogP contribution is -2.24. The summed E-state index contributed by atoms with van der Waals surface area (Å²) in [5.74, 6) is 2.25. The van der Waals surface area contributed by atoms with Gasteiger partial charge in [-0.05, 0) is 47.5 Å². The fraction of sp³-hybridized carbons (Fsp3) is 0.292. The zero-order chi connectivity index (χ0) is 23.7. The largest absolute Gasteiger partial charge is 0.470 e. The van der Waals surface area contributed by atoms with Crippen LogP contribution in [0.5, 0.6) is 5.88 Å². The van der Waals surface area contributed by atoms with Gasteiger partial charge in [0, 0.05) is 24.6 Å². The van der Waals surface area contributed by atoms with Crippen molar-refractivity contribution in [3.8, 4) is 22.8 Å². The van der Waals surface area contributed by atoms with Gasteiger partial charge in [0.05, 0.1) is 11.4 Å². The lowest BCUT2D eigenvalue weighted by Gasteiger charge is -2.16. The van der Waals surface area contributed by atoms with Crippen molar-refractivity contribution in [3.05, 3.63) is 80.3 Å². The van der Waals surface area contributed by atoms with Gasteiger partial charge in [-0.25, -0.2) is 15.0 Å². The number of aryl methyl sites for hydroxylation is 3. The van der Waals surface area contributed by atoms with Crippen LogP contribution in [-0.2, 0) is 6.61 Å². The molecule has 33 heavy (non-hydrogen) atoms. The van der Waals surface area contributed by atoms with Crippen molar-refractivity contribution in [2.24, 2.45) is 0 Å². The van der Waals surface area contributed by atoms with E-state index >= 15 is 0 Å². The summed E-state index contributed by atoms with van der Waals surface area (Å²) in [6.45, 7) is 9.74. The highest BCUT2D eigenvalue weighted by Crippen LogP contribution is 2.26. The number of rotatable bonds is 6. The van der Waals surface area contributed by atoms with Crippen LogP contribution < -0.4 is 10.3 Å². The van der Waals surface area contributed by atoms with Gasteiger partial charge < -0.3 is 9.15 Å². The summed E-state index contributed by atoms with van der Waals surface area (Å²) >= 11 is 3.37. The molecule has 0 aliphatic heterocycles. The number of ether oxygens (including phenoxy) is 1. The highest BCUT2D eigenvalue weighted by atomic mass is 79.9. The summed E-state index contributed by atoms with van der Waals surface area (Å²) < 4.78 is 12.7. The van der Waals surface area contributed by atoms with E-state index in [1.807, 2.05) is 31.2 Å². The predicted octanol–water partition coefficient (Wildman–Crippen LogP) is 5.07. The number of halogens is 1. The predicted molar refractivity (Wildman–Crippen MR) is 128 cm³/mol. The highest BCUT2D eigenvalue weighted by Gasteiger charge is 2.18. The van der Waals surface area contributed by atoms with Crippen LogP contribution in [0.25, 0.3) is 16.9 Å². The van der Waals surface area contributed by atoms with Crippen molar-refractivity contribution < 1.29 is 9.15 Å². The summed E-state index contributed by atoms with van der Waals surface area (Å²) in [4.78, 5) is 31.1. The Morgan fingerprint density at radius 2 is 1.91 bits per heavy atom. The molecule has 1 aromatic carbocycles. The van der Waals surface area contributed by atoms with Crippen molar-refractivity contribution in [2.45, 2.75) is 47.1 Å². The van der Waals surface area contributed by atoms with E-state index in [1.54, 1.807) is 24.6 Å². The quantitative estimate of drug-likeness (QED) is 0.358. The van der Waals surface area contributed by atoms with Gasteiger partial charge in [0.1, 0.15) is 34.7 Å². The van der Waals surface area contributed by atoms with Crippen molar-refractivity contribution in [2.75, 3.05) is 0 Å². The molecule has 3 aromatic heterocycles. The number of nitrogens with zero attached hydrogens (tertiary/aromatic N) is 5. The first kappa shape index (κ1) is 22.8. The van der Waals surface area contributed by atoms with Gasteiger partial charge in [-0.3, -0.25) is 9.36 Å². The summed E-state index contributed by atoms with van der Waals surface area (Å²) in [6, 6.07) is 7.78. The molecular formula is C24H24BrN5O3. The van der Waals surface area contributed by atoms with E-state index in [-0.39, 0.29) is 28.4 Å². The highest BCUT2D eigenvalue weighted by molar-refractivity contribution is 9.10. The average molecular weight is 510 g/mol. The van der Waals surface area contributed by atoms with Crippen LogP contribution in [0.4, 0.5) is 0 Å². The number of hydrogen-bond acceptors (Lipinski definition) is 7. The van der Waals surface area contributed by atoms with E-state index in [0.29, 0.717) is 17.4 Å². The maximum atomic E-state index is 13.3. The Morgan fingerprint density at radius 1 is 1.12 bits per heavy atom. The van der Waals surface area contributed by atoms with Gasteiger partial charge in [-0.15, -0.1) is 0 Å². The van der Waals surface area contributed by atoms with Gasteiger partial charge >= 0.3 is 0 Å². The third-order valence-corrected chi connectivity index (χ3v) is 5.80. The van der Waals surface area contributed by atoms with E-state index in [9.17, 15) is 4.79 Å². The first-order valence-electron chi connectivity index (χ1n) is 10.5. The lowest BCUT2D eigenvalue weighted by molar-refractivity contribution is 0.284. The van der Waals surface area contributed by atoms with Gasteiger partial charge in [-0.1, -0.05) is 26.0 Å². The van der Waals surface area contributed by atoms with Crippen molar-refractivity contribution in [1.82, 2.24) is 24.5 Å². The fourth-order valence-corrected chi connectivity index (χ4v) is 3.78. The van der Waals surface area contributed by atoms with E-state index in [4.69, 9.17) is 9.15 Å². The van der Waals surface area contributed by atoms with Crippen molar-refractivity contribution in [3.63, 3.8) is 0 Å². The molecule has 9 heteroatoms. The van der Waals surface area contributed by atoms with Crippen LogP contribution in [0.15, 0.2) is 50.4 Å². The number of hydrogen-bond donors (Lipinski definition) is 0. The molecule has 3 heterocycles. The minimum atomic E-state index is -0.264. The zero-order valence-electron chi connectivity index (χ0n) is 19.1. The number of benzene rings is 1. The smallest absolute Gasteiger partial charge is 0.276 e. The molecule has 0 fully saturated rings. The standard InChI is InChI=1S/C24H24BrN5O3/c1-13(2)22-26-9-8-19(29-22)17-7-6-14(3)20(10-17)30-15(4)27-23(21(25)24(30)31)33-12-18-11-32-16(5)28-18/h6-11,13H,12H2,1-5H3. The van der Waals surface area contributed by atoms with Gasteiger partial charge in [0.25, 0.3) is 5.56 Å². The molecule has 0 atom stereocenters. The summed E-state index contributed by atoms with van der Waals surface area (Å²) in [5.41, 5.74) is 3.71. The zero-order valence-corrected chi connectivity index (χ0v) is 20.7. The van der Waals surface area contributed by atoms with E-state index in [0.717, 1.165) is 28.3 Å². The molecule has 4 rings (SSSR count).